The predicted molar refractivity (Wildman–Crippen MR) is 78.5 cm³/mol. The van der Waals surface area contributed by atoms with Crippen molar-refractivity contribution in [3.05, 3.63) is 0 Å². The molecule has 2 atom stereocenters. The van der Waals surface area contributed by atoms with Crippen LogP contribution in [-0.4, -0.2) is 58.0 Å². The molecule has 1 fully saturated rings. The summed E-state index contributed by atoms with van der Waals surface area (Å²) in [5.41, 5.74) is 0. The van der Waals surface area contributed by atoms with Gasteiger partial charge in [0.05, 0.1) is 12.0 Å². The molecule has 1 saturated heterocycles. The summed E-state index contributed by atoms with van der Waals surface area (Å²) in [5.74, 6) is -0.995. The third-order valence-electron chi connectivity index (χ3n) is 4.07. The molecule has 0 spiro atoms. The molecule has 0 aliphatic carbocycles. The predicted octanol–water partition coefficient (Wildman–Crippen LogP) is 1.82. The van der Waals surface area contributed by atoms with Crippen LogP contribution in [0, 0.1) is 5.92 Å². The Morgan fingerprint density at radius 1 is 1.15 bits per heavy atom. The van der Waals surface area contributed by atoms with Gasteiger partial charge in [0, 0.05) is 18.6 Å². The van der Waals surface area contributed by atoms with E-state index in [0.29, 0.717) is 13.0 Å². The minimum atomic E-state index is -0.751. The average molecular weight is 284 g/mol. The van der Waals surface area contributed by atoms with Gasteiger partial charge in [0.1, 0.15) is 0 Å². The molecule has 1 heterocycles. The maximum absolute atomic E-state index is 12.6. The van der Waals surface area contributed by atoms with Gasteiger partial charge in [0.2, 0.25) is 5.91 Å². The second kappa shape index (κ2) is 7.07. The number of carbonyl (C=O) groups excluding carboxylic acids is 1. The number of hydrogen-bond donors (Lipinski definition) is 1. The molecule has 1 aliphatic heterocycles. The number of rotatable bonds is 5. The quantitative estimate of drug-likeness (QED) is 0.836. The lowest BCUT2D eigenvalue weighted by molar-refractivity contribution is -0.147. The topological polar surface area (TPSA) is 60.9 Å². The van der Waals surface area contributed by atoms with Gasteiger partial charge >= 0.3 is 5.97 Å². The van der Waals surface area contributed by atoms with Crippen molar-refractivity contribution in [3.63, 3.8) is 0 Å². The Labute approximate surface area is 121 Å². The average Bonchev–Trinajstić information content (AvgIpc) is 2.37. The third-order valence-corrected chi connectivity index (χ3v) is 4.07. The lowest BCUT2D eigenvalue weighted by atomic mass is 9.96. The van der Waals surface area contributed by atoms with E-state index in [1.807, 2.05) is 44.4 Å². The molecule has 1 rings (SSSR count). The Morgan fingerprint density at radius 3 is 2.15 bits per heavy atom. The number of carbonyl (C=O) groups is 2. The van der Waals surface area contributed by atoms with Gasteiger partial charge in [-0.1, -0.05) is 0 Å². The molecule has 1 amide bonds. The third kappa shape index (κ3) is 3.95. The van der Waals surface area contributed by atoms with E-state index in [1.165, 1.54) is 0 Å². The summed E-state index contributed by atoms with van der Waals surface area (Å²) in [6, 6.07) is 0.0666. The van der Waals surface area contributed by atoms with Crippen molar-refractivity contribution in [1.82, 2.24) is 9.80 Å². The molecule has 0 aromatic carbocycles. The molecule has 1 N–H and O–H groups in total. The summed E-state index contributed by atoms with van der Waals surface area (Å²) in [4.78, 5) is 27.7. The number of carboxylic acid groups (broad SMARTS) is 1. The van der Waals surface area contributed by atoms with Gasteiger partial charge in [-0.2, -0.15) is 0 Å². The summed E-state index contributed by atoms with van der Waals surface area (Å²) in [6.07, 6.45) is 1.56. The molecule has 0 aromatic rings. The lowest BCUT2D eigenvalue weighted by Crippen LogP contribution is -2.54. The number of likely N-dealkylation sites (tertiary alicyclic amines) is 1. The molecule has 5 heteroatoms. The van der Waals surface area contributed by atoms with Crippen LogP contribution in [0.4, 0.5) is 0 Å². The summed E-state index contributed by atoms with van der Waals surface area (Å²) in [6.45, 7) is 11.2. The zero-order valence-electron chi connectivity index (χ0n) is 13.3. The summed E-state index contributed by atoms with van der Waals surface area (Å²) in [5, 5.41) is 9.14. The number of aliphatic carboxylic acids is 1. The highest BCUT2D eigenvalue weighted by atomic mass is 16.4. The molecular weight excluding hydrogens is 256 g/mol. The highest BCUT2D eigenvalue weighted by molar-refractivity contribution is 5.82. The van der Waals surface area contributed by atoms with Gasteiger partial charge in [-0.15, -0.1) is 0 Å². The van der Waals surface area contributed by atoms with E-state index in [-0.39, 0.29) is 30.0 Å². The summed E-state index contributed by atoms with van der Waals surface area (Å²) in [7, 11) is 0. The molecule has 0 saturated carbocycles. The largest absolute Gasteiger partial charge is 0.481 e. The minimum Gasteiger partial charge on any atom is -0.481 e. The van der Waals surface area contributed by atoms with Gasteiger partial charge in [0.15, 0.2) is 0 Å². The second-order valence-electron chi connectivity index (χ2n) is 6.28. The number of nitrogens with zero attached hydrogens (tertiary/aromatic N) is 2. The maximum Gasteiger partial charge on any atom is 0.307 e. The first-order valence-corrected chi connectivity index (χ1v) is 7.54. The Balaban J connectivity index is 2.75. The SMILES string of the molecule is CC(C(=O)N(C(C)C)C(C)C)N1CCCC(C(=O)O)C1. The van der Waals surface area contributed by atoms with Gasteiger partial charge in [-0.05, 0) is 54.0 Å². The Kier molecular flexibility index (Phi) is 5.99. The van der Waals surface area contributed by atoms with Crippen molar-refractivity contribution in [1.29, 1.82) is 0 Å². The van der Waals surface area contributed by atoms with Crippen molar-refractivity contribution in [2.45, 2.75) is 65.6 Å². The van der Waals surface area contributed by atoms with E-state index >= 15 is 0 Å². The van der Waals surface area contributed by atoms with Crippen molar-refractivity contribution in [2.24, 2.45) is 5.92 Å². The van der Waals surface area contributed by atoms with Gasteiger partial charge in [-0.25, -0.2) is 0 Å². The van der Waals surface area contributed by atoms with Gasteiger partial charge in [0.25, 0.3) is 0 Å². The lowest BCUT2D eigenvalue weighted by Gasteiger charge is -2.39. The van der Waals surface area contributed by atoms with Crippen LogP contribution in [0.5, 0.6) is 0 Å². The minimum absolute atomic E-state index is 0.0982. The maximum atomic E-state index is 12.6. The molecule has 0 bridgehead atoms. The van der Waals surface area contributed by atoms with Crippen molar-refractivity contribution in [3.8, 4) is 0 Å². The number of piperidine rings is 1. The van der Waals surface area contributed by atoms with E-state index in [0.717, 1.165) is 13.0 Å². The first kappa shape index (κ1) is 17.0. The van der Waals surface area contributed by atoms with Crippen LogP contribution in [0.15, 0.2) is 0 Å². The fraction of sp³-hybridized carbons (Fsp3) is 0.867. The van der Waals surface area contributed by atoms with Crippen LogP contribution in [-0.2, 0) is 9.59 Å². The van der Waals surface area contributed by atoms with E-state index < -0.39 is 5.97 Å². The molecule has 0 aromatic heterocycles. The molecular formula is C15H28N2O3. The van der Waals surface area contributed by atoms with Gasteiger partial charge < -0.3 is 10.0 Å². The summed E-state index contributed by atoms with van der Waals surface area (Å²) >= 11 is 0. The molecule has 5 nitrogen and oxygen atoms in total. The molecule has 2 unspecified atom stereocenters. The Bertz CT molecular complexity index is 347. The van der Waals surface area contributed by atoms with E-state index in [9.17, 15) is 9.59 Å². The van der Waals surface area contributed by atoms with Crippen LogP contribution < -0.4 is 0 Å². The molecule has 116 valence electrons. The number of amides is 1. The number of hydrogen-bond acceptors (Lipinski definition) is 3. The van der Waals surface area contributed by atoms with Crippen LogP contribution in [0.3, 0.4) is 0 Å². The van der Waals surface area contributed by atoms with Gasteiger partial charge in [-0.3, -0.25) is 14.5 Å². The van der Waals surface area contributed by atoms with Crippen LogP contribution >= 0.6 is 0 Å². The van der Waals surface area contributed by atoms with Crippen LogP contribution in [0.25, 0.3) is 0 Å². The van der Waals surface area contributed by atoms with Crippen molar-refractivity contribution in [2.75, 3.05) is 13.1 Å². The Hall–Kier alpha value is -1.10. The van der Waals surface area contributed by atoms with Crippen molar-refractivity contribution >= 4 is 11.9 Å². The smallest absolute Gasteiger partial charge is 0.307 e. The monoisotopic (exact) mass is 284 g/mol. The fourth-order valence-corrected chi connectivity index (χ4v) is 3.04. The zero-order chi connectivity index (χ0) is 15.4. The highest BCUT2D eigenvalue weighted by Gasteiger charge is 2.33. The molecule has 0 radical (unpaired) electrons. The van der Waals surface area contributed by atoms with Crippen LogP contribution in [0.2, 0.25) is 0 Å². The van der Waals surface area contributed by atoms with E-state index in [2.05, 4.69) is 0 Å². The first-order chi connectivity index (χ1) is 9.25. The standard InChI is InChI=1S/C15H28N2O3/c1-10(2)17(11(3)4)14(18)12(5)16-8-6-7-13(9-16)15(19)20/h10-13H,6-9H2,1-5H3,(H,19,20). The van der Waals surface area contributed by atoms with Crippen molar-refractivity contribution < 1.29 is 14.7 Å². The number of carboxylic acids is 1. The fourth-order valence-electron chi connectivity index (χ4n) is 3.04. The van der Waals surface area contributed by atoms with E-state index in [1.54, 1.807) is 0 Å². The van der Waals surface area contributed by atoms with Crippen LogP contribution in [0.1, 0.15) is 47.5 Å². The second-order valence-corrected chi connectivity index (χ2v) is 6.28. The Morgan fingerprint density at radius 2 is 1.70 bits per heavy atom. The first-order valence-electron chi connectivity index (χ1n) is 7.54. The summed E-state index contributed by atoms with van der Waals surface area (Å²) < 4.78 is 0. The van der Waals surface area contributed by atoms with E-state index in [4.69, 9.17) is 5.11 Å². The molecule has 1 aliphatic rings. The molecule has 20 heavy (non-hydrogen) atoms. The zero-order valence-corrected chi connectivity index (χ0v) is 13.3. The normalized spacial score (nSPS) is 22.1. The highest BCUT2D eigenvalue weighted by Crippen LogP contribution is 2.20.